The number of carbonyl (C=O) groups excluding carboxylic acids is 2. The number of hydrogen-bond donors (Lipinski definition) is 1. The number of rotatable bonds is 8. The number of ether oxygens (including phenoxy) is 2. The van der Waals surface area contributed by atoms with Crippen LogP contribution in [-0.4, -0.2) is 24.6 Å². The highest BCUT2D eigenvalue weighted by molar-refractivity contribution is 5.95. The van der Waals surface area contributed by atoms with E-state index < -0.39 is 12.1 Å². The zero-order chi connectivity index (χ0) is 18.1. The van der Waals surface area contributed by atoms with Gasteiger partial charge in [-0.2, -0.15) is 0 Å². The van der Waals surface area contributed by atoms with Crippen molar-refractivity contribution in [3.8, 4) is 5.75 Å². The molecule has 0 aliphatic heterocycles. The van der Waals surface area contributed by atoms with E-state index >= 15 is 0 Å². The molecule has 2 rings (SSSR count). The van der Waals surface area contributed by atoms with E-state index in [1.165, 1.54) is 0 Å². The predicted octanol–water partition coefficient (Wildman–Crippen LogP) is 3.72. The summed E-state index contributed by atoms with van der Waals surface area (Å²) < 4.78 is 10.7. The number of carbonyl (C=O) groups is 2. The summed E-state index contributed by atoms with van der Waals surface area (Å²) in [6.07, 6.45) is -0.111. The van der Waals surface area contributed by atoms with Crippen molar-refractivity contribution >= 4 is 17.6 Å². The number of hydrogen-bond acceptors (Lipinski definition) is 4. The summed E-state index contributed by atoms with van der Waals surface area (Å²) in [5.74, 6) is 0.0167. The maximum Gasteiger partial charge on any atom is 0.306 e. The van der Waals surface area contributed by atoms with Crippen LogP contribution in [0, 0.1) is 6.92 Å². The Bertz CT molecular complexity index is 700. The SMILES string of the molecule is Cc1cccc(OCCCC(=O)OC(C)C(=O)Nc2ccccc2)c1. The van der Waals surface area contributed by atoms with Gasteiger partial charge in [0.15, 0.2) is 6.10 Å². The van der Waals surface area contributed by atoms with Crippen LogP contribution in [0.3, 0.4) is 0 Å². The molecule has 0 saturated carbocycles. The summed E-state index contributed by atoms with van der Waals surface area (Å²) in [6.45, 7) is 3.97. The van der Waals surface area contributed by atoms with Crippen LogP contribution >= 0.6 is 0 Å². The van der Waals surface area contributed by atoms with Gasteiger partial charge >= 0.3 is 5.97 Å². The zero-order valence-corrected chi connectivity index (χ0v) is 14.5. The molecule has 0 saturated heterocycles. The van der Waals surface area contributed by atoms with E-state index in [1.54, 1.807) is 19.1 Å². The molecule has 0 aromatic heterocycles. The summed E-state index contributed by atoms with van der Waals surface area (Å²) in [5, 5.41) is 2.70. The first-order valence-electron chi connectivity index (χ1n) is 8.29. The van der Waals surface area contributed by atoms with Crippen LogP contribution in [0.2, 0.25) is 0 Å². The molecule has 0 bridgehead atoms. The Morgan fingerprint density at radius 3 is 2.56 bits per heavy atom. The van der Waals surface area contributed by atoms with Gasteiger partial charge in [-0.3, -0.25) is 9.59 Å². The van der Waals surface area contributed by atoms with E-state index in [4.69, 9.17) is 9.47 Å². The molecule has 5 nitrogen and oxygen atoms in total. The summed E-state index contributed by atoms with van der Waals surface area (Å²) in [5.41, 5.74) is 1.79. The van der Waals surface area contributed by atoms with Gasteiger partial charge in [0, 0.05) is 12.1 Å². The number of para-hydroxylation sites is 1. The zero-order valence-electron chi connectivity index (χ0n) is 14.5. The fourth-order valence-corrected chi connectivity index (χ4v) is 2.19. The second-order valence-electron chi connectivity index (χ2n) is 5.76. The van der Waals surface area contributed by atoms with Crippen LogP contribution in [0.4, 0.5) is 5.69 Å². The van der Waals surface area contributed by atoms with E-state index in [1.807, 2.05) is 49.4 Å². The van der Waals surface area contributed by atoms with Crippen molar-refractivity contribution in [1.82, 2.24) is 0 Å². The quantitative estimate of drug-likeness (QED) is 0.587. The third-order valence-electron chi connectivity index (χ3n) is 3.50. The molecule has 0 heterocycles. The van der Waals surface area contributed by atoms with Gasteiger partial charge in [0.1, 0.15) is 5.75 Å². The first-order valence-corrected chi connectivity index (χ1v) is 8.29. The molecular formula is C20H23NO4. The molecule has 1 atom stereocenters. The fourth-order valence-electron chi connectivity index (χ4n) is 2.19. The minimum atomic E-state index is -0.842. The molecule has 0 aliphatic rings. The summed E-state index contributed by atoms with van der Waals surface area (Å²) in [6, 6.07) is 16.8. The first kappa shape index (κ1) is 18.5. The number of anilines is 1. The maximum atomic E-state index is 12.0. The van der Waals surface area contributed by atoms with Gasteiger partial charge in [0.25, 0.3) is 5.91 Å². The molecule has 25 heavy (non-hydrogen) atoms. The molecule has 0 radical (unpaired) electrons. The topological polar surface area (TPSA) is 64.6 Å². The van der Waals surface area contributed by atoms with Crippen LogP contribution in [0.25, 0.3) is 0 Å². The highest BCUT2D eigenvalue weighted by Crippen LogP contribution is 2.13. The molecule has 1 N–H and O–H groups in total. The molecule has 0 aliphatic carbocycles. The van der Waals surface area contributed by atoms with Crippen LogP contribution < -0.4 is 10.1 Å². The van der Waals surface area contributed by atoms with Crippen molar-refractivity contribution in [3.05, 3.63) is 60.2 Å². The van der Waals surface area contributed by atoms with Crippen LogP contribution in [-0.2, 0) is 14.3 Å². The number of esters is 1. The normalized spacial score (nSPS) is 11.4. The second-order valence-corrected chi connectivity index (χ2v) is 5.76. The van der Waals surface area contributed by atoms with E-state index in [-0.39, 0.29) is 12.3 Å². The Balaban J connectivity index is 1.66. The lowest BCUT2D eigenvalue weighted by molar-refractivity contribution is -0.153. The van der Waals surface area contributed by atoms with Gasteiger partial charge in [-0.1, -0.05) is 30.3 Å². The number of benzene rings is 2. The van der Waals surface area contributed by atoms with Crippen LogP contribution in [0.15, 0.2) is 54.6 Å². The maximum absolute atomic E-state index is 12.0. The van der Waals surface area contributed by atoms with Crippen molar-refractivity contribution in [3.63, 3.8) is 0 Å². The Morgan fingerprint density at radius 1 is 1.08 bits per heavy atom. The Hall–Kier alpha value is -2.82. The van der Waals surface area contributed by atoms with Gasteiger partial charge in [-0.25, -0.2) is 0 Å². The van der Waals surface area contributed by atoms with Gasteiger partial charge in [-0.05, 0) is 50.1 Å². The molecular weight excluding hydrogens is 318 g/mol. The molecule has 5 heteroatoms. The number of amides is 1. The third-order valence-corrected chi connectivity index (χ3v) is 3.50. The minimum Gasteiger partial charge on any atom is -0.494 e. The van der Waals surface area contributed by atoms with Gasteiger partial charge in [0.05, 0.1) is 6.61 Å². The number of aryl methyl sites for hydroxylation is 1. The average molecular weight is 341 g/mol. The molecule has 1 amide bonds. The van der Waals surface area contributed by atoms with Crippen molar-refractivity contribution < 1.29 is 19.1 Å². The van der Waals surface area contributed by atoms with Crippen molar-refractivity contribution in [2.45, 2.75) is 32.8 Å². The smallest absolute Gasteiger partial charge is 0.306 e. The highest BCUT2D eigenvalue weighted by Gasteiger charge is 2.17. The largest absolute Gasteiger partial charge is 0.494 e. The second kappa shape index (κ2) is 9.47. The van der Waals surface area contributed by atoms with E-state index in [9.17, 15) is 9.59 Å². The minimum absolute atomic E-state index is 0.203. The molecule has 2 aromatic rings. The standard InChI is InChI=1S/C20H23NO4/c1-15-8-6-11-18(14-15)24-13-7-12-19(22)25-16(2)20(23)21-17-9-4-3-5-10-17/h3-6,8-11,14,16H,7,12-13H2,1-2H3,(H,21,23). The van der Waals surface area contributed by atoms with Crippen molar-refractivity contribution in [2.75, 3.05) is 11.9 Å². The van der Waals surface area contributed by atoms with E-state index in [2.05, 4.69) is 5.32 Å². The molecule has 2 aromatic carbocycles. The lowest BCUT2D eigenvalue weighted by Gasteiger charge is -2.13. The van der Waals surface area contributed by atoms with E-state index in [0.717, 1.165) is 11.3 Å². The summed E-state index contributed by atoms with van der Waals surface area (Å²) in [7, 11) is 0. The Morgan fingerprint density at radius 2 is 1.84 bits per heavy atom. The predicted molar refractivity (Wildman–Crippen MR) is 96.5 cm³/mol. The highest BCUT2D eigenvalue weighted by atomic mass is 16.5. The lowest BCUT2D eigenvalue weighted by Crippen LogP contribution is -2.30. The van der Waals surface area contributed by atoms with E-state index in [0.29, 0.717) is 18.7 Å². The van der Waals surface area contributed by atoms with Gasteiger partial charge in [0.2, 0.25) is 0 Å². The van der Waals surface area contributed by atoms with Gasteiger partial charge in [-0.15, -0.1) is 0 Å². The first-order chi connectivity index (χ1) is 12.0. The monoisotopic (exact) mass is 341 g/mol. The molecule has 0 spiro atoms. The third kappa shape index (κ3) is 6.67. The molecule has 132 valence electrons. The van der Waals surface area contributed by atoms with Crippen LogP contribution in [0.1, 0.15) is 25.3 Å². The Labute approximate surface area is 148 Å². The fraction of sp³-hybridized carbons (Fsp3) is 0.300. The number of nitrogens with one attached hydrogen (secondary N) is 1. The lowest BCUT2D eigenvalue weighted by atomic mass is 10.2. The van der Waals surface area contributed by atoms with Crippen molar-refractivity contribution in [2.24, 2.45) is 0 Å². The summed E-state index contributed by atoms with van der Waals surface area (Å²) in [4.78, 5) is 23.8. The van der Waals surface area contributed by atoms with Gasteiger partial charge < -0.3 is 14.8 Å². The summed E-state index contributed by atoms with van der Waals surface area (Å²) >= 11 is 0. The molecule has 0 fully saturated rings. The van der Waals surface area contributed by atoms with Crippen LogP contribution in [0.5, 0.6) is 5.75 Å². The molecule has 1 unspecified atom stereocenters. The Kier molecular flexibility index (Phi) is 7.01. The average Bonchev–Trinajstić information content (AvgIpc) is 2.59. The van der Waals surface area contributed by atoms with Crippen molar-refractivity contribution in [1.29, 1.82) is 0 Å².